The summed E-state index contributed by atoms with van der Waals surface area (Å²) in [5.41, 5.74) is 5.82. The van der Waals surface area contributed by atoms with Crippen LogP contribution in [0, 0.1) is 0 Å². The van der Waals surface area contributed by atoms with Gasteiger partial charge in [0.25, 0.3) is 5.91 Å². The van der Waals surface area contributed by atoms with Gasteiger partial charge in [0.05, 0.1) is 17.7 Å². The summed E-state index contributed by atoms with van der Waals surface area (Å²) in [6, 6.07) is -0.202. The second-order valence-electron chi connectivity index (χ2n) is 3.80. The monoisotopic (exact) mass is 273 g/mol. The molecule has 0 saturated carbocycles. The van der Waals surface area contributed by atoms with Crippen LogP contribution in [-0.4, -0.2) is 48.9 Å². The highest BCUT2D eigenvalue weighted by Gasteiger charge is 2.15. The van der Waals surface area contributed by atoms with E-state index in [4.69, 9.17) is 15.6 Å². The topological polar surface area (TPSA) is 97.5 Å². The van der Waals surface area contributed by atoms with Gasteiger partial charge in [-0.3, -0.25) is 4.79 Å². The minimum atomic E-state index is -0.245. The molecule has 1 unspecified atom stereocenters. The van der Waals surface area contributed by atoms with Gasteiger partial charge in [-0.2, -0.15) is 0 Å². The third kappa shape index (κ3) is 4.69. The molecule has 0 aliphatic carbocycles. The number of ether oxygens (including phenoxy) is 1. The van der Waals surface area contributed by atoms with E-state index in [1.165, 1.54) is 11.3 Å². The van der Waals surface area contributed by atoms with Crippen LogP contribution >= 0.6 is 11.3 Å². The molecule has 0 bridgehead atoms. The van der Waals surface area contributed by atoms with E-state index in [0.717, 1.165) is 5.01 Å². The van der Waals surface area contributed by atoms with E-state index in [1.807, 2.05) is 0 Å². The predicted octanol–water partition coefficient (Wildman–Crippen LogP) is -0.228. The van der Waals surface area contributed by atoms with Gasteiger partial charge in [0.15, 0.2) is 0 Å². The highest BCUT2D eigenvalue weighted by atomic mass is 32.1. The number of carbonyl (C=O) groups is 1. The first-order valence-electron chi connectivity index (χ1n) is 5.76. The van der Waals surface area contributed by atoms with Gasteiger partial charge in [0.1, 0.15) is 5.69 Å². The summed E-state index contributed by atoms with van der Waals surface area (Å²) < 4.78 is 4.98. The lowest BCUT2D eigenvalue weighted by molar-refractivity contribution is 0.0874. The van der Waals surface area contributed by atoms with Crippen molar-refractivity contribution < 1.29 is 14.6 Å². The first kappa shape index (κ1) is 15.0. The standard InChI is InChI=1S/C11H19N3O3S/c1-17-6-8(3-5-15)13-11(16)9-7-18-10(14-9)2-4-12/h7-8,15H,2-6,12H2,1H3,(H,13,16). The minimum absolute atomic E-state index is 0.00377. The Balaban J connectivity index is 2.56. The van der Waals surface area contributed by atoms with Crippen LogP contribution in [0.15, 0.2) is 5.38 Å². The molecule has 0 fully saturated rings. The average molecular weight is 273 g/mol. The van der Waals surface area contributed by atoms with Crippen molar-refractivity contribution in [3.63, 3.8) is 0 Å². The van der Waals surface area contributed by atoms with Crippen LogP contribution in [0.4, 0.5) is 0 Å². The number of hydrogen-bond donors (Lipinski definition) is 3. The maximum absolute atomic E-state index is 11.9. The van der Waals surface area contributed by atoms with Gasteiger partial charge in [0.2, 0.25) is 0 Å². The van der Waals surface area contributed by atoms with Crippen molar-refractivity contribution in [1.29, 1.82) is 0 Å². The third-order valence-corrected chi connectivity index (χ3v) is 3.23. The van der Waals surface area contributed by atoms with Crippen LogP contribution in [0.1, 0.15) is 21.9 Å². The normalized spacial score (nSPS) is 12.4. The Bertz CT molecular complexity index is 364. The molecule has 1 heterocycles. The molecule has 1 amide bonds. The van der Waals surface area contributed by atoms with Crippen molar-refractivity contribution in [1.82, 2.24) is 10.3 Å². The number of nitrogens with one attached hydrogen (secondary N) is 1. The molecule has 4 N–H and O–H groups in total. The highest BCUT2D eigenvalue weighted by molar-refractivity contribution is 7.09. The summed E-state index contributed by atoms with van der Waals surface area (Å²) in [5.74, 6) is -0.245. The SMILES string of the molecule is COCC(CCO)NC(=O)c1csc(CCN)n1. The molecule has 0 aromatic carbocycles. The molecule has 1 aromatic rings. The molecule has 102 valence electrons. The summed E-state index contributed by atoms with van der Waals surface area (Å²) in [6.45, 7) is 0.890. The lowest BCUT2D eigenvalue weighted by Gasteiger charge is -2.15. The van der Waals surface area contributed by atoms with Crippen molar-refractivity contribution in [2.45, 2.75) is 18.9 Å². The molecule has 1 rings (SSSR count). The number of nitrogens with two attached hydrogens (primary N) is 1. The van der Waals surface area contributed by atoms with Crippen molar-refractivity contribution in [3.05, 3.63) is 16.1 Å². The van der Waals surface area contributed by atoms with E-state index in [2.05, 4.69) is 10.3 Å². The number of methoxy groups -OCH3 is 1. The predicted molar refractivity (Wildman–Crippen MR) is 69.7 cm³/mol. The fourth-order valence-electron chi connectivity index (χ4n) is 1.47. The molecular formula is C11H19N3O3S. The van der Waals surface area contributed by atoms with E-state index in [9.17, 15) is 4.79 Å². The Morgan fingerprint density at radius 1 is 1.72 bits per heavy atom. The molecule has 0 radical (unpaired) electrons. The summed E-state index contributed by atoms with van der Waals surface area (Å²) in [7, 11) is 1.55. The van der Waals surface area contributed by atoms with Gasteiger partial charge >= 0.3 is 0 Å². The average Bonchev–Trinajstić information content (AvgIpc) is 2.79. The third-order valence-electron chi connectivity index (χ3n) is 2.32. The summed E-state index contributed by atoms with van der Waals surface area (Å²) in [4.78, 5) is 16.1. The van der Waals surface area contributed by atoms with Gasteiger partial charge in [-0.1, -0.05) is 0 Å². The minimum Gasteiger partial charge on any atom is -0.396 e. The number of aliphatic hydroxyl groups excluding tert-OH is 1. The summed E-state index contributed by atoms with van der Waals surface area (Å²) in [6.07, 6.45) is 1.13. The fourth-order valence-corrected chi connectivity index (χ4v) is 2.26. The second kappa shape index (κ2) is 8.15. The zero-order valence-corrected chi connectivity index (χ0v) is 11.2. The number of thiazole rings is 1. The van der Waals surface area contributed by atoms with E-state index in [1.54, 1.807) is 12.5 Å². The fraction of sp³-hybridized carbons (Fsp3) is 0.636. The number of nitrogens with zero attached hydrogens (tertiary/aromatic N) is 1. The Morgan fingerprint density at radius 2 is 2.50 bits per heavy atom. The molecule has 1 aromatic heterocycles. The number of carbonyl (C=O) groups excluding carboxylic acids is 1. The lowest BCUT2D eigenvalue weighted by Crippen LogP contribution is -2.38. The maximum atomic E-state index is 11.9. The molecule has 0 aliphatic heterocycles. The Hall–Kier alpha value is -1.02. The van der Waals surface area contributed by atoms with Crippen LogP contribution in [0.25, 0.3) is 0 Å². The van der Waals surface area contributed by atoms with E-state index in [0.29, 0.717) is 31.7 Å². The Kier molecular flexibility index (Phi) is 6.81. The quantitative estimate of drug-likeness (QED) is 0.608. The van der Waals surface area contributed by atoms with Crippen molar-refractivity contribution in [3.8, 4) is 0 Å². The van der Waals surface area contributed by atoms with E-state index >= 15 is 0 Å². The van der Waals surface area contributed by atoms with Crippen LogP contribution < -0.4 is 11.1 Å². The number of amides is 1. The zero-order valence-electron chi connectivity index (χ0n) is 10.4. The van der Waals surface area contributed by atoms with Crippen molar-refractivity contribution >= 4 is 17.2 Å². The number of aromatic nitrogens is 1. The van der Waals surface area contributed by atoms with Gasteiger partial charge in [-0.25, -0.2) is 4.98 Å². The molecule has 0 aliphatic rings. The van der Waals surface area contributed by atoms with Gasteiger partial charge in [-0.05, 0) is 13.0 Å². The molecule has 7 heteroatoms. The van der Waals surface area contributed by atoms with Crippen LogP contribution in [-0.2, 0) is 11.2 Å². The lowest BCUT2D eigenvalue weighted by atomic mass is 10.2. The number of hydrogen-bond acceptors (Lipinski definition) is 6. The van der Waals surface area contributed by atoms with Crippen LogP contribution in [0.5, 0.6) is 0 Å². The summed E-state index contributed by atoms with van der Waals surface area (Å²) >= 11 is 1.42. The Labute approximate surface area is 110 Å². The molecule has 18 heavy (non-hydrogen) atoms. The smallest absolute Gasteiger partial charge is 0.271 e. The van der Waals surface area contributed by atoms with Gasteiger partial charge < -0.3 is 20.9 Å². The van der Waals surface area contributed by atoms with Crippen LogP contribution in [0.3, 0.4) is 0 Å². The van der Waals surface area contributed by atoms with Crippen molar-refractivity contribution in [2.24, 2.45) is 5.73 Å². The largest absolute Gasteiger partial charge is 0.396 e. The molecule has 0 saturated heterocycles. The molecule has 0 spiro atoms. The van der Waals surface area contributed by atoms with Crippen LogP contribution in [0.2, 0.25) is 0 Å². The maximum Gasteiger partial charge on any atom is 0.271 e. The molecule has 1 atom stereocenters. The highest BCUT2D eigenvalue weighted by Crippen LogP contribution is 2.10. The van der Waals surface area contributed by atoms with Gasteiger partial charge in [-0.15, -0.1) is 11.3 Å². The van der Waals surface area contributed by atoms with E-state index in [-0.39, 0.29) is 18.6 Å². The number of aliphatic hydroxyl groups is 1. The second-order valence-corrected chi connectivity index (χ2v) is 4.75. The Morgan fingerprint density at radius 3 is 3.11 bits per heavy atom. The first-order chi connectivity index (χ1) is 8.71. The molecule has 6 nitrogen and oxygen atoms in total. The van der Waals surface area contributed by atoms with Gasteiger partial charge in [0, 0.05) is 25.5 Å². The zero-order chi connectivity index (χ0) is 13.4. The first-order valence-corrected chi connectivity index (χ1v) is 6.64. The number of rotatable bonds is 8. The summed E-state index contributed by atoms with van der Waals surface area (Å²) in [5, 5.41) is 14.2. The molecular weight excluding hydrogens is 254 g/mol. The van der Waals surface area contributed by atoms with Crippen molar-refractivity contribution in [2.75, 3.05) is 26.9 Å². The van der Waals surface area contributed by atoms with E-state index < -0.39 is 0 Å².